The second kappa shape index (κ2) is 12.3. The number of rotatable bonds is 5. The van der Waals surface area contributed by atoms with E-state index in [0.717, 1.165) is 6.54 Å². The predicted octanol–water partition coefficient (Wildman–Crippen LogP) is 5.48. The predicted molar refractivity (Wildman–Crippen MR) is 120 cm³/mol. The first-order valence-electron chi connectivity index (χ1n) is 9.87. The molecule has 2 atom stereocenters. The Bertz CT molecular complexity index is 746. The van der Waals surface area contributed by atoms with Gasteiger partial charge in [0.25, 0.3) is 0 Å². The van der Waals surface area contributed by atoms with Crippen LogP contribution in [0.3, 0.4) is 0 Å². The minimum Gasteiger partial charge on any atom is -0.361 e. The number of aromatic nitrogens is 1. The van der Waals surface area contributed by atoms with Crippen LogP contribution in [0.4, 0.5) is 0 Å². The average Bonchev–Trinajstić information content (AvgIpc) is 3.09. The molecule has 148 valence electrons. The zero-order valence-corrected chi connectivity index (χ0v) is 17.8. The van der Waals surface area contributed by atoms with Crippen molar-refractivity contribution in [3.8, 4) is 0 Å². The van der Waals surface area contributed by atoms with E-state index in [-0.39, 0.29) is 0 Å². The molecule has 3 rings (SSSR count). The minimum atomic E-state index is 0.579. The van der Waals surface area contributed by atoms with Gasteiger partial charge in [-0.25, -0.2) is 0 Å². The Hall–Kier alpha value is -2.10. The van der Waals surface area contributed by atoms with Crippen LogP contribution in [-0.4, -0.2) is 24.6 Å². The van der Waals surface area contributed by atoms with Gasteiger partial charge in [0.15, 0.2) is 0 Å². The van der Waals surface area contributed by atoms with Crippen LogP contribution < -0.4 is 11.1 Å². The van der Waals surface area contributed by atoms with E-state index in [1.807, 2.05) is 12.3 Å². The Balaban J connectivity index is 0.000000262. The van der Waals surface area contributed by atoms with E-state index in [9.17, 15) is 0 Å². The van der Waals surface area contributed by atoms with Gasteiger partial charge in [-0.1, -0.05) is 76.2 Å². The van der Waals surface area contributed by atoms with Gasteiger partial charge >= 0.3 is 0 Å². The molecule has 1 heterocycles. The van der Waals surface area contributed by atoms with Gasteiger partial charge in [-0.05, 0) is 49.5 Å². The highest BCUT2D eigenvalue weighted by molar-refractivity contribution is 5.82. The normalized spacial score (nSPS) is 12.6. The molecule has 0 aliphatic rings. The summed E-state index contributed by atoms with van der Waals surface area (Å²) in [6, 6.07) is 19.6. The molecule has 3 aromatic rings. The smallest absolute Gasteiger partial charge is 0.0456 e. The fourth-order valence-electron chi connectivity index (χ4n) is 2.90. The molecule has 0 saturated heterocycles. The summed E-state index contributed by atoms with van der Waals surface area (Å²) in [6.45, 7) is 12.2. The van der Waals surface area contributed by atoms with Gasteiger partial charge in [0.1, 0.15) is 0 Å². The highest BCUT2D eigenvalue weighted by Crippen LogP contribution is 2.23. The van der Waals surface area contributed by atoms with Crippen molar-refractivity contribution in [3.63, 3.8) is 0 Å². The van der Waals surface area contributed by atoms with Crippen LogP contribution in [0.1, 0.15) is 44.7 Å². The van der Waals surface area contributed by atoms with Crippen LogP contribution in [0.15, 0.2) is 60.8 Å². The molecule has 0 aliphatic carbocycles. The number of hydrogen-bond donors (Lipinski definition) is 3. The van der Waals surface area contributed by atoms with Crippen molar-refractivity contribution in [1.29, 1.82) is 0 Å². The summed E-state index contributed by atoms with van der Waals surface area (Å²) < 4.78 is 0. The molecule has 0 aliphatic heterocycles. The molecule has 0 spiro atoms. The molecule has 0 saturated carbocycles. The third-order valence-electron chi connectivity index (χ3n) is 4.82. The molecule has 0 bridgehead atoms. The van der Waals surface area contributed by atoms with E-state index >= 15 is 0 Å². The first-order chi connectivity index (χ1) is 13.0. The zero-order valence-electron chi connectivity index (χ0n) is 17.8. The highest BCUT2D eigenvalue weighted by atomic mass is 14.9. The first-order valence-corrected chi connectivity index (χ1v) is 9.87. The maximum Gasteiger partial charge on any atom is 0.0456 e. The molecular weight excluding hydrogens is 330 g/mol. The Morgan fingerprint density at radius 3 is 2.07 bits per heavy atom. The van der Waals surface area contributed by atoms with Crippen LogP contribution >= 0.6 is 0 Å². The summed E-state index contributed by atoms with van der Waals surface area (Å²) in [4.78, 5) is 3.19. The first kappa shape index (κ1) is 22.9. The van der Waals surface area contributed by atoms with Crippen molar-refractivity contribution >= 4 is 10.9 Å². The lowest BCUT2D eigenvalue weighted by atomic mass is 9.89. The second-order valence-electron chi connectivity index (χ2n) is 7.26. The lowest BCUT2D eigenvalue weighted by Crippen LogP contribution is -2.29. The molecule has 2 aromatic carbocycles. The van der Waals surface area contributed by atoms with Crippen LogP contribution in [0.25, 0.3) is 10.9 Å². The molecule has 27 heavy (non-hydrogen) atoms. The average molecular weight is 368 g/mol. The topological polar surface area (TPSA) is 53.8 Å². The van der Waals surface area contributed by atoms with Crippen LogP contribution in [0, 0.1) is 12.8 Å². The summed E-state index contributed by atoms with van der Waals surface area (Å²) in [6.07, 6.45) is 2.03. The van der Waals surface area contributed by atoms with Crippen molar-refractivity contribution < 1.29 is 0 Å². The van der Waals surface area contributed by atoms with Gasteiger partial charge in [-0.2, -0.15) is 0 Å². The van der Waals surface area contributed by atoms with Crippen molar-refractivity contribution in [2.24, 2.45) is 11.7 Å². The Labute approximate surface area is 165 Å². The monoisotopic (exact) mass is 367 g/mol. The standard InChI is InChI=1S/C14H23N.C9H9N.CH5N/c1-11(2)15-10-12(3)13(4)14-8-6-5-7-9-14;1-7-6-10-9-5-3-2-4-8(7)9;1-2/h5-9,11-13,15H,10H2,1-4H3;2-6,10H,1H3;2H2,1H3. The number of H-pyrrole nitrogens is 1. The number of aromatic amines is 1. The maximum atomic E-state index is 4.50. The van der Waals surface area contributed by atoms with Crippen molar-refractivity contribution in [2.45, 2.75) is 46.6 Å². The molecule has 0 fully saturated rings. The van der Waals surface area contributed by atoms with E-state index in [1.54, 1.807) is 0 Å². The molecule has 0 radical (unpaired) electrons. The molecule has 0 amide bonds. The SMILES string of the molecule is CC(C)NCC(C)C(C)c1ccccc1.CN.Cc1c[nH]c2ccccc12. The van der Waals surface area contributed by atoms with Gasteiger partial charge in [0.2, 0.25) is 0 Å². The Morgan fingerprint density at radius 2 is 1.48 bits per heavy atom. The molecule has 4 N–H and O–H groups in total. The second-order valence-corrected chi connectivity index (χ2v) is 7.26. The summed E-state index contributed by atoms with van der Waals surface area (Å²) in [5.41, 5.74) is 8.48. The minimum absolute atomic E-state index is 0.579. The number of nitrogens with two attached hydrogens (primary N) is 1. The summed E-state index contributed by atoms with van der Waals surface area (Å²) in [5, 5.41) is 4.82. The van der Waals surface area contributed by atoms with Crippen molar-refractivity contribution in [1.82, 2.24) is 10.3 Å². The van der Waals surface area contributed by atoms with E-state index in [2.05, 4.69) is 99.2 Å². The third-order valence-corrected chi connectivity index (χ3v) is 4.82. The Morgan fingerprint density at radius 1 is 0.889 bits per heavy atom. The number of nitrogens with one attached hydrogen (secondary N) is 2. The van der Waals surface area contributed by atoms with Gasteiger partial charge in [0, 0.05) is 23.1 Å². The summed E-state index contributed by atoms with van der Waals surface area (Å²) in [5.74, 6) is 1.30. The largest absolute Gasteiger partial charge is 0.361 e. The highest BCUT2D eigenvalue weighted by Gasteiger charge is 2.13. The van der Waals surface area contributed by atoms with Gasteiger partial charge in [-0.3, -0.25) is 0 Å². The maximum absolute atomic E-state index is 4.50. The van der Waals surface area contributed by atoms with Crippen LogP contribution in [0.2, 0.25) is 0 Å². The van der Waals surface area contributed by atoms with Crippen molar-refractivity contribution in [3.05, 3.63) is 71.9 Å². The lowest BCUT2D eigenvalue weighted by molar-refractivity contribution is 0.426. The number of para-hydroxylation sites is 1. The van der Waals surface area contributed by atoms with Crippen LogP contribution in [-0.2, 0) is 0 Å². The van der Waals surface area contributed by atoms with E-state index in [0.29, 0.717) is 17.9 Å². The van der Waals surface area contributed by atoms with Crippen molar-refractivity contribution in [2.75, 3.05) is 13.6 Å². The van der Waals surface area contributed by atoms with Gasteiger partial charge < -0.3 is 16.0 Å². The fourth-order valence-corrected chi connectivity index (χ4v) is 2.90. The summed E-state index contributed by atoms with van der Waals surface area (Å²) in [7, 11) is 1.50. The molecule has 2 unspecified atom stereocenters. The van der Waals surface area contributed by atoms with E-state index in [1.165, 1.54) is 29.1 Å². The fraction of sp³-hybridized carbons (Fsp3) is 0.417. The summed E-state index contributed by atoms with van der Waals surface area (Å²) >= 11 is 0. The van der Waals surface area contributed by atoms with Gasteiger partial charge in [-0.15, -0.1) is 0 Å². The molecule has 3 heteroatoms. The van der Waals surface area contributed by atoms with Gasteiger partial charge in [0.05, 0.1) is 0 Å². The molecular formula is C24H37N3. The van der Waals surface area contributed by atoms with E-state index in [4.69, 9.17) is 0 Å². The number of hydrogen-bond acceptors (Lipinski definition) is 2. The molecule has 1 aromatic heterocycles. The van der Waals surface area contributed by atoms with Crippen LogP contribution in [0.5, 0.6) is 0 Å². The third kappa shape index (κ3) is 7.58. The molecule has 3 nitrogen and oxygen atoms in total. The number of aryl methyl sites for hydroxylation is 1. The van der Waals surface area contributed by atoms with E-state index < -0.39 is 0 Å². The zero-order chi connectivity index (χ0) is 20.2. The number of fused-ring (bicyclic) bond motifs is 1. The Kier molecular flexibility index (Phi) is 10.5. The quantitative estimate of drug-likeness (QED) is 0.559. The number of benzene rings is 2. The lowest BCUT2D eigenvalue weighted by Gasteiger charge is -2.22.